The lowest BCUT2D eigenvalue weighted by Crippen LogP contribution is -2.58. The lowest BCUT2D eigenvalue weighted by Gasteiger charge is -2.26. The van der Waals surface area contributed by atoms with Crippen LogP contribution in [0.5, 0.6) is 0 Å². The monoisotopic (exact) mass is 447 g/mol. The molecule has 8 N–H and O–H groups in total. The van der Waals surface area contributed by atoms with Crippen molar-refractivity contribution in [2.75, 3.05) is 12.0 Å². The highest BCUT2D eigenvalue weighted by Crippen LogP contribution is 2.09. The van der Waals surface area contributed by atoms with Gasteiger partial charge in [0.15, 0.2) is 0 Å². The van der Waals surface area contributed by atoms with E-state index in [1.54, 1.807) is 6.92 Å². The molecule has 0 aromatic heterocycles. The van der Waals surface area contributed by atoms with Crippen molar-refractivity contribution in [3.8, 4) is 0 Å². The second-order valence-electron chi connectivity index (χ2n) is 7.06. The van der Waals surface area contributed by atoms with Gasteiger partial charge in [-0.3, -0.25) is 19.2 Å². The maximum atomic E-state index is 12.7. The maximum absolute atomic E-state index is 12.7. The largest absolute Gasteiger partial charge is 0.480 e. The molecule has 0 bridgehead atoms. The highest BCUT2D eigenvalue weighted by atomic mass is 32.2. The van der Waals surface area contributed by atoms with Crippen LogP contribution in [0.25, 0.3) is 0 Å². The minimum atomic E-state index is -1.20. The van der Waals surface area contributed by atoms with E-state index < -0.39 is 53.8 Å². The molecule has 4 amide bonds. The molecule has 172 valence electrons. The summed E-state index contributed by atoms with van der Waals surface area (Å²) < 4.78 is 0. The normalized spacial score (nSPS) is 15.8. The number of carbonyl (C=O) groups is 5. The van der Waals surface area contributed by atoms with Gasteiger partial charge in [0, 0.05) is 0 Å². The van der Waals surface area contributed by atoms with E-state index in [0.29, 0.717) is 12.2 Å². The van der Waals surface area contributed by atoms with Gasteiger partial charge in [-0.2, -0.15) is 11.8 Å². The third-order valence-corrected chi connectivity index (χ3v) is 5.17. The summed E-state index contributed by atoms with van der Waals surface area (Å²) in [5.41, 5.74) is 10.6. The van der Waals surface area contributed by atoms with Crippen LogP contribution in [0.15, 0.2) is 0 Å². The van der Waals surface area contributed by atoms with E-state index in [2.05, 4.69) is 16.0 Å². The second kappa shape index (κ2) is 13.8. The Morgan fingerprint density at radius 3 is 2.07 bits per heavy atom. The van der Waals surface area contributed by atoms with Gasteiger partial charge in [-0.1, -0.05) is 20.3 Å². The first-order chi connectivity index (χ1) is 13.9. The van der Waals surface area contributed by atoms with Crippen LogP contribution >= 0.6 is 11.8 Å². The first-order valence-corrected chi connectivity index (χ1v) is 11.0. The number of nitrogens with two attached hydrogens (primary N) is 2. The third-order valence-electron chi connectivity index (χ3n) is 4.53. The van der Waals surface area contributed by atoms with Crippen LogP contribution in [0.1, 0.15) is 40.0 Å². The Morgan fingerprint density at radius 1 is 1.00 bits per heavy atom. The van der Waals surface area contributed by atoms with Gasteiger partial charge in [-0.15, -0.1) is 0 Å². The molecule has 0 aliphatic carbocycles. The summed E-state index contributed by atoms with van der Waals surface area (Å²) in [5, 5.41) is 16.6. The Morgan fingerprint density at radius 2 is 1.60 bits per heavy atom. The SMILES string of the molecule is CCC(C)C(NC(=O)C(N)CC(N)=O)C(=O)NC(C)C(=O)NC(CCSC)C(=O)O. The summed E-state index contributed by atoms with van der Waals surface area (Å²) in [6.07, 6.45) is 2.24. The molecule has 0 fully saturated rings. The number of nitrogens with one attached hydrogen (secondary N) is 3. The fourth-order valence-corrected chi connectivity index (χ4v) is 2.90. The molecule has 0 rings (SSSR count). The zero-order chi connectivity index (χ0) is 23.4. The van der Waals surface area contributed by atoms with E-state index in [4.69, 9.17) is 11.5 Å². The van der Waals surface area contributed by atoms with Crippen LogP contribution in [0, 0.1) is 5.92 Å². The predicted molar refractivity (Wildman–Crippen MR) is 113 cm³/mol. The van der Waals surface area contributed by atoms with Crippen LogP contribution in [-0.2, 0) is 24.0 Å². The number of hydrogen-bond acceptors (Lipinski definition) is 7. The van der Waals surface area contributed by atoms with E-state index in [1.165, 1.54) is 18.7 Å². The molecule has 5 atom stereocenters. The summed E-state index contributed by atoms with van der Waals surface area (Å²) in [5.74, 6) is -3.65. The van der Waals surface area contributed by atoms with Gasteiger partial charge < -0.3 is 32.5 Å². The molecule has 30 heavy (non-hydrogen) atoms. The third kappa shape index (κ3) is 9.92. The highest BCUT2D eigenvalue weighted by Gasteiger charge is 2.31. The zero-order valence-corrected chi connectivity index (χ0v) is 18.6. The second-order valence-corrected chi connectivity index (χ2v) is 8.05. The van der Waals surface area contributed by atoms with Gasteiger partial charge >= 0.3 is 5.97 Å². The Hall–Kier alpha value is -2.34. The minimum absolute atomic E-state index is 0.242. The van der Waals surface area contributed by atoms with E-state index in [1.807, 2.05) is 13.2 Å². The first kappa shape index (κ1) is 27.7. The fraction of sp³-hybridized carbons (Fsp3) is 0.722. The number of thioether (sulfide) groups is 1. The first-order valence-electron chi connectivity index (χ1n) is 9.61. The number of primary amides is 1. The molecule has 0 saturated carbocycles. The number of hydrogen-bond donors (Lipinski definition) is 6. The zero-order valence-electron chi connectivity index (χ0n) is 17.8. The number of rotatable bonds is 14. The molecule has 0 aromatic carbocycles. The molecule has 0 saturated heterocycles. The van der Waals surface area contributed by atoms with Crippen molar-refractivity contribution < 1.29 is 29.1 Å². The van der Waals surface area contributed by atoms with Gasteiger partial charge in [-0.25, -0.2) is 4.79 Å². The smallest absolute Gasteiger partial charge is 0.326 e. The summed E-state index contributed by atoms with van der Waals surface area (Å²) in [6, 6.07) is -4.30. The Balaban J connectivity index is 5.08. The molecular weight excluding hydrogens is 414 g/mol. The molecule has 0 aliphatic rings. The lowest BCUT2D eigenvalue weighted by atomic mass is 9.97. The molecule has 0 aromatic rings. The molecule has 11 nitrogen and oxygen atoms in total. The Kier molecular flexibility index (Phi) is 12.7. The Bertz CT molecular complexity index is 632. The minimum Gasteiger partial charge on any atom is -0.480 e. The van der Waals surface area contributed by atoms with Crippen molar-refractivity contribution in [2.45, 2.75) is 64.2 Å². The summed E-state index contributed by atoms with van der Waals surface area (Å²) in [7, 11) is 0. The molecule has 0 spiro atoms. The van der Waals surface area contributed by atoms with Crippen molar-refractivity contribution in [3.05, 3.63) is 0 Å². The topological polar surface area (TPSA) is 194 Å². The van der Waals surface area contributed by atoms with E-state index in [9.17, 15) is 29.1 Å². The molecule has 5 unspecified atom stereocenters. The van der Waals surface area contributed by atoms with Gasteiger partial charge in [0.05, 0.1) is 12.5 Å². The molecular formula is C18H33N5O6S. The van der Waals surface area contributed by atoms with Crippen LogP contribution in [0.2, 0.25) is 0 Å². The number of amides is 4. The quantitative estimate of drug-likeness (QED) is 0.186. The van der Waals surface area contributed by atoms with Gasteiger partial charge in [0.25, 0.3) is 0 Å². The number of carboxylic acid groups (broad SMARTS) is 1. The van der Waals surface area contributed by atoms with Crippen molar-refractivity contribution in [1.82, 2.24) is 16.0 Å². The van der Waals surface area contributed by atoms with Crippen molar-refractivity contribution in [3.63, 3.8) is 0 Å². The van der Waals surface area contributed by atoms with Crippen LogP contribution in [0.3, 0.4) is 0 Å². The summed E-state index contributed by atoms with van der Waals surface area (Å²) >= 11 is 1.45. The van der Waals surface area contributed by atoms with Gasteiger partial charge in [-0.05, 0) is 31.3 Å². The average molecular weight is 448 g/mol. The molecule has 0 heterocycles. The van der Waals surface area contributed by atoms with Crippen LogP contribution in [-0.4, -0.2) is 70.9 Å². The van der Waals surface area contributed by atoms with E-state index >= 15 is 0 Å². The lowest BCUT2D eigenvalue weighted by molar-refractivity contribution is -0.142. The maximum Gasteiger partial charge on any atom is 0.326 e. The van der Waals surface area contributed by atoms with Crippen LogP contribution in [0.4, 0.5) is 0 Å². The summed E-state index contributed by atoms with van der Waals surface area (Å²) in [4.78, 5) is 59.4. The summed E-state index contributed by atoms with van der Waals surface area (Å²) in [6.45, 7) is 4.96. The van der Waals surface area contributed by atoms with Crippen molar-refractivity contribution in [1.29, 1.82) is 0 Å². The number of carbonyl (C=O) groups excluding carboxylic acids is 4. The predicted octanol–water partition coefficient (Wildman–Crippen LogP) is -1.45. The number of aliphatic carboxylic acids is 1. The van der Waals surface area contributed by atoms with E-state index in [-0.39, 0.29) is 18.8 Å². The molecule has 0 radical (unpaired) electrons. The number of carboxylic acids is 1. The van der Waals surface area contributed by atoms with E-state index in [0.717, 1.165) is 0 Å². The molecule has 12 heteroatoms. The average Bonchev–Trinajstić information content (AvgIpc) is 2.67. The molecule has 0 aliphatic heterocycles. The highest BCUT2D eigenvalue weighted by molar-refractivity contribution is 7.98. The van der Waals surface area contributed by atoms with Crippen LogP contribution < -0.4 is 27.4 Å². The van der Waals surface area contributed by atoms with Gasteiger partial charge in [0.1, 0.15) is 18.1 Å². The van der Waals surface area contributed by atoms with Gasteiger partial charge in [0.2, 0.25) is 23.6 Å². The van der Waals surface area contributed by atoms with Crippen molar-refractivity contribution >= 4 is 41.4 Å². The van der Waals surface area contributed by atoms with Crippen molar-refractivity contribution in [2.24, 2.45) is 17.4 Å². The Labute approximate surface area is 180 Å². The fourth-order valence-electron chi connectivity index (χ4n) is 2.43. The standard InChI is InChI=1S/C18H33N5O6S/c1-5-9(2)14(23-16(26)11(19)8-13(20)24)17(27)21-10(3)15(25)22-12(18(28)29)6-7-30-4/h9-12,14H,5-8,19H2,1-4H3,(H2,20,24)(H,21,27)(H,22,25)(H,23,26)(H,28,29).